The minimum atomic E-state index is -0.0243. The highest BCUT2D eigenvalue weighted by Crippen LogP contribution is 2.23. The number of carbonyl (C=O) groups excluding carboxylic acids is 1. The van der Waals surface area contributed by atoms with Gasteiger partial charge in [-0.1, -0.05) is 36.8 Å². The Balaban J connectivity index is 1.84. The largest absolute Gasteiger partial charge is 0.351 e. The van der Waals surface area contributed by atoms with Crippen molar-refractivity contribution in [1.82, 2.24) is 10.2 Å². The second kappa shape index (κ2) is 7.78. The Morgan fingerprint density at radius 2 is 2.04 bits per heavy atom. The van der Waals surface area contributed by atoms with E-state index >= 15 is 0 Å². The quantitative estimate of drug-likeness (QED) is 0.842. The molecule has 1 aromatic carbocycles. The summed E-state index contributed by atoms with van der Waals surface area (Å²) in [6.07, 6.45) is 6.06. The van der Waals surface area contributed by atoms with Crippen LogP contribution >= 0.6 is 0 Å². The fraction of sp³-hybridized carbons (Fsp3) is 0.550. The van der Waals surface area contributed by atoms with E-state index in [0.29, 0.717) is 6.54 Å². The highest BCUT2D eigenvalue weighted by Gasteiger charge is 2.30. The molecule has 1 N–H and O–H groups in total. The van der Waals surface area contributed by atoms with E-state index < -0.39 is 0 Å². The van der Waals surface area contributed by atoms with Gasteiger partial charge < -0.3 is 5.32 Å². The van der Waals surface area contributed by atoms with Gasteiger partial charge >= 0.3 is 0 Å². The van der Waals surface area contributed by atoms with Crippen molar-refractivity contribution in [3.05, 3.63) is 41.5 Å². The maximum atomic E-state index is 12.1. The lowest BCUT2D eigenvalue weighted by Gasteiger charge is -2.43. The topological polar surface area (TPSA) is 32.3 Å². The molecule has 1 atom stereocenters. The molecule has 0 saturated carbocycles. The van der Waals surface area contributed by atoms with Crippen molar-refractivity contribution in [1.29, 1.82) is 0 Å². The molecule has 23 heavy (non-hydrogen) atoms. The zero-order chi connectivity index (χ0) is 16.9. The number of hydrogen-bond acceptors (Lipinski definition) is 2. The van der Waals surface area contributed by atoms with E-state index in [1.807, 2.05) is 18.2 Å². The molecule has 2 rings (SSSR count). The SMILES string of the molecule is Cc1ccc(/C=C/C(=O)NCC(C)(C)N2CCCC(C)C2)cc1. The fourth-order valence-electron chi connectivity index (χ4n) is 3.06. The molecule has 1 heterocycles. The minimum absolute atomic E-state index is 0.00202. The van der Waals surface area contributed by atoms with Crippen LogP contribution in [0.1, 0.15) is 44.7 Å². The number of likely N-dealkylation sites (tertiary alicyclic amines) is 1. The van der Waals surface area contributed by atoms with Gasteiger partial charge in [0.15, 0.2) is 0 Å². The number of benzene rings is 1. The predicted octanol–water partition coefficient (Wildman–Crippen LogP) is 3.63. The van der Waals surface area contributed by atoms with Crippen LogP contribution in [0.3, 0.4) is 0 Å². The summed E-state index contributed by atoms with van der Waals surface area (Å²) in [5.74, 6) is 0.726. The molecule has 0 aliphatic carbocycles. The Kier molecular flexibility index (Phi) is 6.00. The van der Waals surface area contributed by atoms with E-state index in [4.69, 9.17) is 0 Å². The molecule has 3 heteroatoms. The van der Waals surface area contributed by atoms with Crippen molar-refractivity contribution in [2.45, 2.75) is 46.1 Å². The monoisotopic (exact) mass is 314 g/mol. The number of rotatable bonds is 5. The summed E-state index contributed by atoms with van der Waals surface area (Å²) in [6, 6.07) is 8.16. The van der Waals surface area contributed by atoms with Gasteiger partial charge in [0, 0.05) is 24.7 Å². The average Bonchev–Trinajstić information content (AvgIpc) is 2.52. The van der Waals surface area contributed by atoms with Crippen molar-refractivity contribution in [3.8, 4) is 0 Å². The van der Waals surface area contributed by atoms with Gasteiger partial charge in [-0.15, -0.1) is 0 Å². The summed E-state index contributed by atoms with van der Waals surface area (Å²) in [6.45, 7) is 11.7. The summed E-state index contributed by atoms with van der Waals surface area (Å²) in [5.41, 5.74) is 2.28. The summed E-state index contributed by atoms with van der Waals surface area (Å²) in [7, 11) is 0. The maximum absolute atomic E-state index is 12.1. The molecule has 1 aliphatic heterocycles. The molecule has 0 bridgehead atoms. The molecule has 3 nitrogen and oxygen atoms in total. The molecular formula is C20H30N2O. The third-order valence-electron chi connectivity index (χ3n) is 4.71. The molecule has 1 aliphatic rings. The highest BCUT2D eigenvalue weighted by atomic mass is 16.1. The standard InChI is InChI=1S/C20H30N2O/c1-16-7-9-18(10-8-16)11-12-19(23)21-15-20(3,4)22-13-5-6-17(2)14-22/h7-12,17H,5-6,13-15H2,1-4H3,(H,21,23)/b12-11+. The average molecular weight is 314 g/mol. The van der Waals surface area contributed by atoms with E-state index in [9.17, 15) is 4.79 Å². The van der Waals surface area contributed by atoms with Crippen molar-refractivity contribution in [2.75, 3.05) is 19.6 Å². The number of piperidine rings is 1. The van der Waals surface area contributed by atoms with E-state index in [-0.39, 0.29) is 11.4 Å². The molecule has 0 spiro atoms. The third kappa shape index (κ3) is 5.51. The van der Waals surface area contributed by atoms with Crippen LogP contribution in [-0.4, -0.2) is 36.0 Å². The van der Waals surface area contributed by atoms with Gasteiger partial charge in [0.25, 0.3) is 0 Å². The lowest BCUT2D eigenvalue weighted by atomic mass is 9.93. The van der Waals surface area contributed by atoms with Gasteiger partial charge in [-0.2, -0.15) is 0 Å². The normalized spacial score (nSPS) is 19.9. The van der Waals surface area contributed by atoms with Crippen LogP contribution in [0.5, 0.6) is 0 Å². The van der Waals surface area contributed by atoms with E-state index in [0.717, 1.165) is 24.6 Å². The Bertz CT molecular complexity index is 545. The van der Waals surface area contributed by atoms with Gasteiger partial charge in [-0.3, -0.25) is 9.69 Å². The van der Waals surface area contributed by atoms with Crippen molar-refractivity contribution in [3.63, 3.8) is 0 Å². The zero-order valence-electron chi connectivity index (χ0n) is 14.9. The first-order chi connectivity index (χ1) is 10.9. The first kappa shape index (κ1) is 17.7. The van der Waals surface area contributed by atoms with Gasteiger partial charge in [-0.25, -0.2) is 0 Å². The van der Waals surface area contributed by atoms with Gasteiger partial charge in [0.2, 0.25) is 5.91 Å². The predicted molar refractivity (Wildman–Crippen MR) is 97.3 cm³/mol. The Morgan fingerprint density at radius 1 is 1.35 bits per heavy atom. The molecule has 0 aromatic heterocycles. The lowest BCUT2D eigenvalue weighted by Crippen LogP contribution is -2.54. The lowest BCUT2D eigenvalue weighted by molar-refractivity contribution is -0.117. The Hall–Kier alpha value is -1.61. The van der Waals surface area contributed by atoms with Crippen LogP contribution in [0.4, 0.5) is 0 Å². The number of nitrogens with one attached hydrogen (secondary N) is 1. The van der Waals surface area contributed by atoms with Crippen LogP contribution in [0.25, 0.3) is 6.08 Å². The first-order valence-electron chi connectivity index (χ1n) is 8.64. The number of hydrogen-bond donors (Lipinski definition) is 1. The van der Waals surface area contributed by atoms with Crippen molar-refractivity contribution >= 4 is 12.0 Å². The molecule has 1 amide bonds. The smallest absolute Gasteiger partial charge is 0.244 e. The number of nitrogens with zero attached hydrogens (tertiary/aromatic N) is 1. The molecule has 1 saturated heterocycles. The van der Waals surface area contributed by atoms with Crippen LogP contribution in [0, 0.1) is 12.8 Å². The summed E-state index contributed by atoms with van der Waals surface area (Å²) < 4.78 is 0. The van der Waals surface area contributed by atoms with Crippen LogP contribution < -0.4 is 5.32 Å². The highest BCUT2D eigenvalue weighted by molar-refractivity contribution is 5.91. The second-order valence-corrected chi connectivity index (χ2v) is 7.47. The van der Waals surface area contributed by atoms with E-state index in [1.54, 1.807) is 6.08 Å². The summed E-state index contributed by atoms with van der Waals surface area (Å²) >= 11 is 0. The minimum Gasteiger partial charge on any atom is -0.351 e. The molecule has 126 valence electrons. The first-order valence-corrected chi connectivity index (χ1v) is 8.64. The van der Waals surface area contributed by atoms with Crippen molar-refractivity contribution < 1.29 is 4.79 Å². The number of carbonyl (C=O) groups is 1. The number of amides is 1. The summed E-state index contributed by atoms with van der Waals surface area (Å²) in [5, 5.41) is 3.05. The van der Waals surface area contributed by atoms with Crippen LogP contribution in [-0.2, 0) is 4.79 Å². The van der Waals surface area contributed by atoms with Crippen LogP contribution in [0.15, 0.2) is 30.3 Å². The van der Waals surface area contributed by atoms with Crippen molar-refractivity contribution in [2.24, 2.45) is 5.92 Å². The number of aryl methyl sites for hydroxylation is 1. The molecule has 0 radical (unpaired) electrons. The molecule has 1 fully saturated rings. The molecule has 1 unspecified atom stereocenters. The summed E-state index contributed by atoms with van der Waals surface area (Å²) in [4.78, 5) is 14.6. The molecule has 1 aromatic rings. The van der Waals surface area contributed by atoms with Crippen LogP contribution in [0.2, 0.25) is 0 Å². The fourth-order valence-corrected chi connectivity index (χ4v) is 3.06. The second-order valence-electron chi connectivity index (χ2n) is 7.47. The van der Waals surface area contributed by atoms with E-state index in [1.165, 1.54) is 18.4 Å². The van der Waals surface area contributed by atoms with Gasteiger partial charge in [-0.05, 0) is 57.7 Å². The maximum Gasteiger partial charge on any atom is 0.244 e. The molecular weight excluding hydrogens is 284 g/mol. The Morgan fingerprint density at radius 3 is 2.70 bits per heavy atom. The third-order valence-corrected chi connectivity index (χ3v) is 4.71. The zero-order valence-corrected chi connectivity index (χ0v) is 14.9. The van der Waals surface area contributed by atoms with E-state index in [2.05, 4.69) is 50.0 Å². The van der Waals surface area contributed by atoms with Gasteiger partial charge in [0.05, 0.1) is 0 Å². The van der Waals surface area contributed by atoms with Gasteiger partial charge in [0.1, 0.15) is 0 Å². The Labute approximate surface area is 140 Å².